The van der Waals surface area contributed by atoms with Gasteiger partial charge in [0.2, 0.25) is 0 Å². The molecule has 1 atom stereocenters. The lowest BCUT2D eigenvalue weighted by atomic mass is 9.94. The number of hydrogen-bond acceptors (Lipinski definition) is 4. The third-order valence-corrected chi connectivity index (χ3v) is 4.96. The number of imidazole rings is 2. The van der Waals surface area contributed by atoms with E-state index >= 15 is 0 Å². The number of nitrogens with one attached hydrogen (secondary N) is 2. The van der Waals surface area contributed by atoms with Gasteiger partial charge in [0.05, 0.1) is 7.11 Å². The molecule has 1 aliphatic heterocycles. The molecule has 2 N–H and O–H groups in total. The average molecular weight is 365 g/mol. The van der Waals surface area contributed by atoms with Crippen molar-refractivity contribution < 1.29 is 9.53 Å². The first-order valence-corrected chi connectivity index (χ1v) is 9.11. The van der Waals surface area contributed by atoms with E-state index < -0.39 is 0 Å². The van der Waals surface area contributed by atoms with E-state index in [0.717, 1.165) is 22.8 Å². The van der Waals surface area contributed by atoms with Crippen LogP contribution in [0, 0.1) is 0 Å². The van der Waals surface area contributed by atoms with Gasteiger partial charge in [0.1, 0.15) is 11.4 Å². The van der Waals surface area contributed by atoms with Gasteiger partial charge in [0, 0.05) is 36.6 Å². The zero-order valence-corrected chi connectivity index (χ0v) is 15.7. The number of H-pyrrole nitrogens is 1. The number of ether oxygens (including phenoxy) is 1. The molecular weight excluding hydrogens is 342 g/mol. The van der Waals surface area contributed by atoms with Gasteiger partial charge < -0.3 is 19.6 Å². The smallest absolute Gasteiger partial charge is 0.271 e. The first-order chi connectivity index (χ1) is 13.1. The zero-order valence-electron chi connectivity index (χ0n) is 15.7. The number of benzene rings is 1. The van der Waals surface area contributed by atoms with Crippen molar-refractivity contribution in [2.45, 2.75) is 32.2 Å². The summed E-state index contributed by atoms with van der Waals surface area (Å²) in [6.45, 7) is 4.74. The molecular formula is C20H23N5O2. The third-order valence-electron chi connectivity index (χ3n) is 4.96. The highest BCUT2D eigenvalue weighted by molar-refractivity contribution is 5.94. The minimum Gasteiger partial charge on any atom is -0.497 e. The summed E-state index contributed by atoms with van der Waals surface area (Å²) in [5.41, 5.74) is 2.42. The number of hydrogen-bond donors (Lipinski definition) is 2. The van der Waals surface area contributed by atoms with Crippen LogP contribution in [0.5, 0.6) is 5.75 Å². The van der Waals surface area contributed by atoms with Crippen LogP contribution in [-0.2, 0) is 6.42 Å². The van der Waals surface area contributed by atoms with E-state index in [1.807, 2.05) is 29.0 Å². The van der Waals surface area contributed by atoms with E-state index in [9.17, 15) is 4.79 Å². The number of rotatable bonds is 4. The number of amides is 1. The number of fused-ring (bicyclic) bond motifs is 1. The van der Waals surface area contributed by atoms with Crippen LogP contribution in [0.25, 0.3) is 11.6 Å². The number of methoxy groups -OCH3 is 1. The van der Waals surface area contributed by atoms with Gasteiger partial charge in [-0.25, -0.2) is 9.97 Å². The molecule has 0 saturated heterocycles. The summed E-state index contributed by atoms with van der Waals surface area (Å²) >= 11 is 0. The Morgan fingerprint density at radius 1 is 1.33 bits per heavy atom. The van der Waals surface area contributed by atoms with Gasteiger partial charge in [-0.15, -0.1) is 0 Å². The molecule has 1 amide bonds. The summed E-state index contributed by atoms with van der Waals surface area (Å²) in [7, 11) is 1.66. The van der Waals surface area contributed by atoms with Crippen molar-refractivity contribution in [2.75, 3.05) is 13.7 Å². The van der Waals surface area contributed by atoms with Gasteiger partial charge in [0.15, 0.2) is 11.6 Å². The molecule has 0 fully saturated rings. The summed E-state index contributed by atoms with van der Waals surface area (Å²) in [5.74, 6) is 2.17. The largest absolute Gasteiger partial charge is 0.497 e. The Balaban J connectivity index is 1.70. The summed E-state index contributed by atoms with van der Waals surface area (Å²) in [6, 6.07) is 8.23. The van der Waals surface area contributed by atoms with E-state index in [4.69, 9.17) is 4.74 Å². The fraction of sp³-hybridized carbons (Fsp3) is 0.350. The monoisotopic (exact) mass is 365 g/mol. The second-order valence-electron chi connectivity index (χ2n) is 7.05. The predicted molar refractivity (Wildman–Crippen MR) is 102 cm³/mol. The molecule has 2 aromatic heterocycles. The van der Waals surface area contributed by atoms with Gasteiger partial charge in [-0.05, 0) is 38.0 Å². The Morgan fingerprint density at radius 2 is 2.19 bits per heavy atom. The molecule has 4 rings (SSSR count). The Kier molecular flexibility index (Phi) is 4.43. The first kappa shape index (κ1) is 17.3. The van der Waals surface area contributed by atoms with Gasteiger partial charge in [0.25, 0.3) is 5.91 Å². The van der Waals surface area contributed by atoms with Crippen molar-refractivity contribution in [3.05, 3.63) is 53.6 Å². The second-order valence-corrected chi connectivity index (χ2v) is 7.05. The fourth-order valence-corrected chi connectivity index (χ4v) is 3.51. The molecule has 7 nitrogen and oxygen atoms in total. The van der Waals surface area contributed by atoms with Crippen molar-refractivity contribution in [3.63, 3.8) is 0 Å². The van der Waals surface area contributed by atoms with Crippen molar-refractivity contribution in [1.82, 2.24) is 24.8 Å². The molecule has 0 unspecified atom stereocenters. The lowest BCUT2D eigenvalue weighted by Gasteiger charge is -2.15. The molecule has 0 saturated carbocycles. The number of aromatic nitrogens is 4. The van der Waals surface area contributed by atoms with Crippen LogP contribution < -0.4 is 10.1 Å². The highest BCUT2D eigenvalue weighted by Gasteiger charge is 2.27. The van der Waals surface area contributed by atoms with Crippen molar-refractivity contribution >= 4 is 5.91 Å². The minimum absolute atomic E-state index is 0.142. The van der Waals surface area contributed by atoms with Gasteiger partial charge >= 0.3 is 0 Å². The van der Waals surface area contributed by atoms with Crippen LogP contribution in [-0.4, -0.2) is 39.1 Å². The Labute approximate surface area is 157 Å². The number of nitrogens with zero attached hydrogens (tertiary/aromatic N) is 3. The molecule has 140 valence electrons. The molecule has 0 bridgehead atoms. The lowest BCUT2D eigenvalue weighted by Crippen LogP contribution is -2.26. The highest BCUT2D eigenvalue weighted by atomic mass is 16.5. The van der Waals surface area contributed by atoms with E-state index in [0.29, 0.717) is 24.5 Å². The average Bonchev–Trinajstić information content (AvgIpc) is 3.29. The second kappa shape index (κ2) is 6.90. The number of carbonyl (C=O) groups excluding carboxylic acids is 1. The molecule has 0 aliphatic carbocycles. The van der Waals surface area contributed by atoms with Gasteiger partial charge in [-0.1, -0.05) is 12.1 Å². The predicted octanol–water partition coefficient (Wildman–Crippen LogP) is 2.93. The van der Waals surface area contributed by atoms with Crippen molar-refractivity contribution in [3.8, 4) is 17.4 Å². The maximum Gasteiger partial charge on any atom is 0.271 e. The molecule has 0 spiro atoms. The SMILES string of the molecule is COc1cccc([C@H]2CNC(=O)c3nc(-c4nccn4C(C)C)[nH]c3C2)c1. The van der Waals surface area contributed by atoms with Crippen LogP contribution in [0.4, 0.5) is 0 Å². The van der Waals surface area contributed by atoms with Crippen molar-refractivity contribution in [2.24, 2.45) is 0 Å². The lowest BCUT2D eigenvalue weighted by molar-refractivity contribution is 0.0950. The normalized spacial score (nSPS) is 16.7. The van der Waals surface area contributed by atoms with Crippen LogP contribution in [0.1, 0.15) is 47.6 Å². The Morgan fingerprint density at radius 3 is 2.96 bits per heavy atom. The molecule has 1 aliphatic rings. The topological polar surface area (TPSA) is 84.8 Å². The van der Waals surface area contributed by atoms with Crippen molar-refractivity contribution in [1.29, 1.82) is 0 Å². The summed E-state index contributed by atoms with van der Waals surface area (Å²) in [4.78, 5) is 24.9. The summed E-state index contributed by atoms with van der Waals surface area (Å²) in [6.07, 6.45) is 4.37. The molecule has 3 aromatic rings. The van der Waals surface area contributed by atoms with Gasteiger partial charge in [-0.2, -0.15) is 0 Å². The van der Waals surface area contributed by atoms with Crippen LogP contribution in [0.15, 0.2) is 36.7 Å². The Bertz CT molecular complexity index is 972. The molecule has 1 aromatic carbocycles. The Hall–Kier alpha value is -3.09. The fourth-order valence-electron chi connectivity index (χ4n) is 3.51. The van der Waals surface area contributed by atoms with Crippen LogP contribution >= 0.6 is 0 Å². The number of carbonyl (C=O) groups is 1. The third kappa shape index (κ3) is 3.20. The van der Waals surface area contributed by atoms with Crippen LogP contribution in [0.2, 0.25) is 0 Å². The van der Waals surface area contributed by atoms with E-state index in [-0.39, 0.29) is 17.9 Å². The summed E-state index contributed by atoms with van der Waals surface area (Å²) < 4.78 is 7.37. The quantitative estimate of drug-likeness (QED) is 0.744. The zero-order chi connectivity index (χ0) is 19.0. The number of aromatic amines is 1. The maximum atomic E-state index is 12.6. The highest BCUT2D eigenvalue weighted by Crippen LogP contribution is 2.28. The van der Waals surface area contributed by atoms with Gasteiger partial charge in [-0.3, -0.25) is 4.79 Å². The minimum atomic E-state index is -0.152. The van der Waals surface area contributed by atoms with E-state index in [1.165, 1.54) is 0 Å². The molecule has 7 heteroatoms. The van der Waals surface area contributed by atoms with E-state index in [2.05, 4.69) is 40.2 Å². The first-order valence-electron chi connectivity index (χ1n) is 9.11. The summed E-state index contributed by atoms with van der Waals surface area (Å²) in [5, 5.41) is 2.99. The molecule has 0 radical (unpaired) electrons. The van der Waals surface area contributed by atoms with E-state index in [1.54, 1.807) is 13.3 Å². The molecule has 27 heavy (non-hydrogen) atoms. The molecule has 3 heterocycles. The standard InChI is InChI=1S/C20H23N5O2/c1-12(2)25-8-7-21-19(25)18-23-16-10-14(11-22-20(26)17(16)24-18)13-5-4-6-15(9-13)27-3/h4-9,12,14H,10-11H2,1-3H3,(H,22,26)(H,23,24)/t14-/m1/s1. The van der Waals surface area contributed by atoms with Crippen LogP contribution in [0.3, 0.4) is 0 Å². The maximum absolute atomic E-state index is 12.6.